The predicted molar refractivity (Wildman–Crippen MR) is 63.5 cm³/mol. The van der Waals surface area contributed by atoms with Crippen LogP contribution in [0.25, 0.3) is 0 Å². The lowest BCUT2D eigenvalue weighted by atomic mass is 10.2. The average Bonchev–Trinajstić information content (AvgIpc) is 2.73. The van der Waals surface area contributed by atoms with Crippen LogP contribution in [0.4, 0.5) is 5.69 Å². The molecule has 0 fully saturated rings. The van der Waals surface area contributed by atoms with Crippen LogP contribution < -0.4 is 10.1 Å². The van der Waals surface area contributed by atoms with Crippen LogP contribution in [-0.2, 0) is 13.6 Å². The summed E-state index contributed by atoms with van der Waals surface area (Å²) in [6, 6.07) is 8.00. The number of aryl methyl sites for hydroxylation is 1. The Labute approximate surface area is 94.9 Å². The first-order valence-electron chi connectivity index (χ1n) is 5.13. The van der Waals surface area contributed by atoms with Crippen LogP contribution in [0.15, 0.2) is 36.7 Å². The lowest BCUT2D eigenvalue weighted by Crippen LogP contribution is -1.98. The minimum Gasteiger partial charge on any atom is -0.497 e. The van der Waals surface area contributed by atoms with E-state index < -0.39 is 0 Å². The van der Waals surface area contributed by atoms with Crippen LogP contribution in [0.2, 0.25) is 0 Å². The van der Waals surface area contributed by atoms with Crippen LogP contribution >= 0.6 is 0 Å². The van der Waals surface area contributed by atoms with Crippen molar-refractivity contribution in [2.75, 3.05) is 12.4 Å². The Morgan fingerprint density at radius 2 is 2.06 bits per heavy atom. The highest BCUT2D eigenvalue weighted by Crippen LogP contribution is 2.12. The van der Waals surface area contributed by atoms with Crippen molar-refractivity contribution in [3.63, 3.8) is 0 Å². The summed E-state index contributed by atoms with van der Waals surface area (Å²) in [4.78, 5) is 0. The first kappa shape index (κ1) is 10.5. The molecule has 1 aromatic carbocycles. The molecule has 16 heavy (non-hydrogen) atoms. The van der Waals surface area contributed by atoms with Crippen molar-refractivity contribution in [1.82, 2.24) is 9.78 Å². The first-order chi connectivity index (χ1) is 7.78. The van der Waals surface area contributed by atoms with E-state index in [0.29, 0.717) is 0 Å². The molecule has 0 aliphatic carbocycles. The summed E-state index contributed by atoms with van der Waals surface area (Å²) in [6.07, 6.45) is 3.76. The molecular weight excluding hydrogens is 202 g/mol. The molecule has 4 nitrogen and oxygen atoms in total. The molecule has 0 unspecified atom stereocenters. The van der Waals surface area contributed by atoms with E-state index >= 15 is 0 Å². The molecule has 2 aromatic rings. The molecule has 0 saturated carbocycles. The van der Waals surface area contributed by atoms with E-state index in [9.17, 15) is 0 Å². The summed E-state index contributed by atoms with van der Waals surface area (Å²) in [6.45, 7) is 0.787. The summed E-state index contributed by atoms with van der Waals surface area (Å²) in [5.74, 6) is 0.880. The number of nitrogens with one attached hydrogen (secondary N) is 1. The molecule has 1 N–H and O–H groups in total. The van der Waals surface area contributed by atoms with E-state index in [0.717, 1.165) is 18.0 Å². The topological polar surface area (TPSA) is 39.1 Å². The van der Waals surface area contributed by atoms with E-state index in [1.165, 1.54) is 5.56 Å². The Morgan fingerprint density at radius 3 is 2.62 bits per heavy atom. The smallest absolute Gasteiger partial charge is 0.118 e. The van der Waals surface area contributed by atoms with Crippen molar-refractivity contribution >= 4 is 5.69 Å². The minimum absolute atomic E-state index is 0.787. The van der Waals surface area contributed by atoms with Gasteiger partial charge in [-0.1, -0.05) is 12.1 Å². The largest absolute Gasteiger partial charge is 0.497 e. The Kier molecular flexibility index (Phi) is 3.10. The van der Waals surface area contributed by atoms with Crippen LogP contribution in [0.5, 0.6) is 5.75 Å². The molecule has 0 spiro atoms. The van der Waals surface area contributed by atoms with Crippen molar-refractivity contribution in [1.29, 1.82) is 0 Å². The highest BCUT2D eigenvalue weighted by Gasteiger charge is 1.96. The summed E-state index contributed by atoms with van der Waals surface area (Å²) in [7, 11) is 3.57. The lowest BCUT2D eigenvalue weighted by Gasteiger charge is -2.04. The number of nitrogens with zero attached hydrogens (tertiary/aromatic N) is 2. The molecule has 2 rings (SSSR count). The van der Waals surface area contributed by atoms with Crippen LogP contribution in [0.3, 0.4) is 0 Å². The van der Waals surface area contributed by atoms with Crippen molar-refractivity contribution in [3.8, 4) is 5.75 Å². The molecule has 4 heteroatoms. The van der Waals surface area contributed by atoms with Crippen LogP contribution in [0, 0.1) is 0 Å². The maximum Gasteiger partial charge on any atom is 0.118 e. The van der Waals surface area contributed by atoms with E-state index in [1.807, 2.05) is 43.7 Å². The Hall–Kier alpha value is -1.97. The molecule has 0 bridgehead atoms. The SMILES string of the molecule is COc1ccc(CNc2cnn(C)c2)cc1. The van der Waals surface area contributed by atoms with Crippen LogP contribution in [0.1, 0.15) is 5.56 Å². The quantitative estimate of drug-likeness (QED) is 0.851. The van der Waals surface area contributed by atoms with Gasteiger partial charge in [-0.2, -0.15) is 5.10 Å². The fourth-order valence-electron chi connectivity index (χ4n) is 1.46. The summed E-state index contributed by atoms with van der Waals surface area (Å²) in [5, 5.41) is 7.39. The van der Waals surface area contributed by atoms with Crippen LogP contribution in [-0.4, -0.2) is 16.9 Å². The van der Waals surface area contributed by atoms with Gasteiger partial charge in [-0.05, 0) is 17.7 Å². The fraction of sp³-hybridized carbons (Fsp3) is 0.250. The van der Waals surface area contributed by atoms with Gasteiger partial charge in [-0.3, -0.25) is 4.68 Å². The van der Waals surface area contributed by atoms with Gasteiger partial charge < -0.3 is 10.1 Å². The minimum atomic E-state index is 0.787. The van der Waals surface area contributed by atoms with E-state index in [-0.39, 0.29) is 0 Å². The zero-order valence-electron chi connectivity index (χ0n) is 9.47. The van der Waals surface area contributed by atoms with Gasteiger partial charge in [0.15, 0.2) is 0 Å². The number of hydrogen-bond donors (Lipinski definition) is 1. The fourth-order valence-corrected chi connectivity index (χ4v) is 1.46. The van der Waals surface area contributed by atoms with Crippen molar-refractivity contribution in [2.45, 2.75) is 6.54 Å². The van der Waals surface area contributed by atoms with Gasteiger partial charge in [0.25, 0.3) is 0 Å². The van der Waals surface area contributed by atoms with Gasteiger partial charge in [0.1, 0.15) is 5.75 Å². The summed E-state index contributed by atoms with van der Waals surface area (Å²) < 4.78 is 6.88. The van der Waals surface area contributed by atoms with Gasteiger partial charge in [0.2, 0.25) is 0 Å². The molecule has 0 saturated heterocycles. The number of hydrogen-bond acceptors (Lipinski definition) is 3. The highest BCUT2D eigenvalue weighted by molar-refractivity contribution is 5.39. The molecule has 1 heterocycles. The normalized spacial score (nSPS) is 10.1. The third kappa shape index (κ3) is 2.53. The van der Waals surface area contributed by atoms with Crippen molar-refractivity contribution < 1.29 is 4.74 Å². The maximum atomic E-state index is 5.10. The molecule has 1 aromatic heterocycles. The molecule has 0 aliphatic rings. The standard InChI is InChI=1S/C12H15N3O/c1-15-9-11(8-14-15)13-7-10-3-5-12(16-2)6-4-10/h3-6,8-9,13H,7H2,1-2H3. The third-order valence-corrected chi connectivity index (χ3v) is 2.36. The molecule has 0 aliphatic heterocycles. The second kappa shape index (κ2) is 4.70. The average molecular weight is 217 g/mol. The molecule has 0 atom stereocenters. The van der Waals surface area contributed by atoms with Crippen molar-refractivity contribution in [2.24, 2.45) is 7.05 Å². The number of anilines is 1. The Morgan fingerprint density at radius 1 is 1.31 bits per heavy atom. The van der Waals surface area contributed by atoms with E-state index in [2.05, 4.69) is 10.4 Å². The predicted octanol–water partition coefficient (Wildman–Crippen LogP) is 2.04. The zero-order chi connectivity index (χ0) is 11.4. The lowest BCUT2D eigenvalue weighted by molar-refractivity contribution is 0.414. The Bertz CT molecular complexity index is 448. The van der Waals surface area contributed by atoms with Gasteiger partial charge in [0.05, 0.1) is 19.0 Å². The number of ether oxygens (including phenoxy) is 1. The second-order valence-corrected chi connectivity index (χ2v) is 3.60. The Balaban J connectivity index is 1.94. The number of aromatic nitrogens is 2. The molecule has 84 valence electrons. The van der Waals surface area contributed by atoms with E-state index in [4.69, 9.17) is 4.74 Å². The van der Waals surface area contributed by atoms with Gasteiger partial charge in [-0.25, -0.2) is 0 Å². The molecular formula is C12H15N3O. The molecule has 0 radical (unpaired) electrons. The number of methoxy groups -OCH3 is 1. The van der Waals surface area contributed by atoms with Gasteiger partial charge in [0, 0.05) is 19.8 Å². The summed E-state index contributed by atoms with van der Waals surface area (Å²) in [5.41, 5.74) is 2.24. The summed E-state index contributed by atoms with van der Waals surface area (Å²) >= 11 is 0. The second-order valence-electron chi connectivity index (χ2n) is 3.60. The molecule has 0 amide bonds. The first-order valence-corrected chi connectivity index (χ1v) is 5.13. The highest BCUT2D eigenvalue weighted by atomic mass is 16.5. The van der Waals surface area contributed by atoms with Crippen molar-refractivity contribution in [3.05, 3.63) is 42.2 Å². The third-order valence-electron chi connectivity index (χ3n) is 2.36. The monoisotopic (exact) mass is 217 g/mol. The number of rotatable bonds is 4. The van der Waals surface area contributed by atoms with E-state index in [1.54, 1.807) is 11.8 Å². The number of benzene rings is 1. The van der Waals surface area contributed by atoms with Gasteiger partial charge in [-0.15, -0.1) is 0 Å². The maximum absolute atomic E-state index is 5.10. The van der Waals surface area contributed by atoms with Gasteiger partial charge >= 0.3 is 0 Å². The zero-order valence-corrected chi connectivity index (χ0v) is 9.47.